The number of nitrogens with two attached hydrogens (primary N) is 1. The molecule has 1 amide bonds. The number of benzene rings is 1. The molecule has 2 aromatic rings. The summed E-state index contributed by atoms with van der Waals surface area (Å²) in [4.78, 5) is 44.8. The highest BCUT2D eigenvalue weighted by molar-refractivity contribution is 5.97. The molecule has 0 aliphatic carbocycles. The van der Waals surface area contributed by atoms with Gasteiger partial charge >= 0.3 is 5.69 Å². The smallest absolute Gasteiger partial charge is 0.330 e. The topological polar surface area (TPSA) is 104 Å². The number of rotatable bonds is 8. The number of nitrogens with zero attached hydrogens (tertiary/aromatic N) is 3. The number of H-pyrrole nitrogens is 1. The molecule has 1 aliphatic heterocycles. The average molecular weight is 456 g/mol. The fourth-order valence-corrected chi connectivity index (χ4v) is 4.51. The lowest BCUT2D eigenvalue weighted by Crippen LogP contribution is -2.46. The number of likely N-dealkylation sites (tertiary alicyclic amines) is 1. The zero-order valence-corrected chi connectivity index (χ0v) is 20.4. The molecule has 3 rings (SSSR count). The molecule has 1 aliphatic rings. The minimum Gasteiger partial charge on any atom is -0.383 e. The van der Waals surface area contributed by atoms with Crippen molar-refractivity contribution in [3.63, 3.8) is 0 Å². The number of amides is 1. The molecular formula is C25H37N5O3. The molecule has 0 radical (unpaired) electrons. The van der Waals surface area contributed by atoms with Gasteiger partial charge in [-0.25, -0.2) is 4.79 Å². The SMILES string of the molecule is Cc1ccc(C2CCCN2CC(=O)N(CC(C)C)c2c(N)n(CC(C)C)c(=O)[nH]c2=O)cc1. The maximum absolute atomic E-state index is 13.6. The molecule has 0 spiro atoms. The Kier molecular flexibility index (Phi) is 7.79. The first-order valence-corrected chi connectivity index (χ1v) is 11.8. The fraction of sp³-hybridized carbons (Fsp3) is 0.560. The molecule has 8 nitrogen and oxygen atoms in total. The third kappa shape index (κ3) is 5.74. The van der Waals surface area contributed by atoms with Crippen molar-refractivity contribution in [1.29, 1.82) is 0 Å². The van der Waals surface area contributed by atoms with Crippen LogP contribution in [0.1, 0.15) is 57.7 Å². The van der Waals surface area contributed by atoms with Crippen molar-refractivity contribution < 1.29 is 4.79 Å². The molecule has 1 aromatic carbocycles. The first kappa shape index (κ1) is 24.8. The van der Waals surface area contributed by atoms with E-state index in [1.807, 2.05) is 27.7 Å². The van der Waals surface area contributed by atoms with Gasteiger partial charge in [0.2, 0.25) is 5.91 Å². The van der Waals surface area contributed by atoms with Crippen molar-refractivity contribution in [1.82, 2.24) is 14.5 Å². The van der Waals surface area contributed by atoms with Crippen LogP contribution in [0.25, 0.3) is 0 Å². The van der Waals surface area contributed by atoms with Gasteiger partial charge in [0.25, 0.3) is 5.56 Å². The molecule has 1 saturated heterocycles. The van der Waals surface area contributed by atoms with Crippen LogP contribution in [0.4, 0.5) is 11.5 Å². The van der Waals surface area contributed by atoms with E-state index in [1.165, 1.54) is 20.6 Å². The van der Waals surface area contributed by atoms with Gasteiger partial charge in [0.15, 0.2) is 5.69 Å². The number of nitrogens with one attached hydrogen (secondary N) is 1. The van der Waals surface area contributed by atoms with Gasteiger partial charge in [0, 0.05) is 19.1 Å². The number of nitrogen functional groups attached to an aromatic ring is 1. The number of carbonyl (C=O) groups excluding carboxylic acids is 1. The Hall–Kier alpha value is -2.87. The van der Waals surface area contributed by atoms with E-state index in [1.54, 1.807) is 0 Å². The van der Waals surface area contributed by atoms with E-state index < -0.39 is 11.2 Å². The first-order valence-electron chi connectivity index (χ1n) is 11.8. The zero-order chi connectivity index (χ0) is 24.3. The van der Waals surface area contributed by atoms with Crippen molar-refractivity contribution in [2.45, 2.75) is 60.0 Å². The third-order valence-corrected chi connectivity index (χ3v) is 6.04. The number of hydrogen-bond donors (Lipinski definition) is 2. The molecule has 3 N–H and O–H groups in total. The number of aromatic nitrogens is 2. The predicted molar refractivity (Wildman–Crippen MR) is 132 cm³/mol. The lowest BCUT2D eigenvalue weighted by Gasteiger charge is -2.30. The Morgan fingerprint density at radius 3 is 2.42 bits per heavy atom. The van der Waals surface area contributed by atoms with Crippen LogP contribution in [0.15, 0.2) is 33.9 Å². The Bertz CT molecular complexity index is 1080. The second-order valence-corrected chi connectivity index (χ2v) is 9.93. The Balaban J connectivity index is 1.93. The summed E-state index contributed by atoms with van der Waals surface area (Å²) in [5.41, 5.74) is 7.62. The summed E-state index contributed by atoms with van der Waals surface area (Å²) < 4.78 is 1.35. The van der Waals surface area contributed by atoms with Crippen LogP contribution in [-0.2, 0) is 11.3 Å². The van der Waals surface area contributed by atoms with Gasteiger partial charge in [-0.2, -0.15) is 0 Å². The van der Waals surface area contributed by atoms with Gasteiger partial charge in [-0.1, -0.05) is 57.5 Å². The Morgan fingerprint density at radius 1 is 1.15 bits per heavy atom. The Labute approximate surface area is 195 Å². The van der Waals surface area contributed by atoms with Crippen LogP contribution < -0.4 is 21.9 Å². The van der Waals surface area contributed by atoms with Crippen LogP contribution in [0.2, 0.25) is 0 Å². The molecule has 1 atom stereocenters. The molecule has 2 heterocycles. The highest BCUT2D eigenvalue weighted by Gasteiger charge is 2.31. The van der Waals surface area contributed by atoms with Crippen LogP contribution in [-0.4, -0.2) is 40.0 Å². The summed E-state index contributed by atoms with van der Waals surface area (Å²) in [6.45, 7) is 11.7. The standard InChI is InChI=1S/C25H37N5O3/c1-16(2)13-29(22-23(26)30(14-17(3)4)25(33)27-24(22)32)21(31)15-28-12-6-7-20(28)19-10-8-18(5)9-11-19/h8-11,16-17,20H,6-7,12-15,26H2,1-5H3,(H,27,32,33). The lowest BCUT2D eigenvalue weighted by molar-refractivity contribution is -0.120. The molecule has 1 fully saturated rings. The van der Waals surface area contributed by atoms with Gasteiger partial charge in [-0.05, 0) is 43.7 Å². The van der Waals surface area contributed by atoms with Crippen LogP contribution >= 0.6 is 0 Å². The van der Waals surface area contributed by atoms with Gasteiger partial charge in [0.1, 0.15) is 5.82 Å². The second kappa shape index (κ2) is 10.4. The first-order chi connectivity index (χ1) is 15.6. The van der Waals surface area contributed by atoms with Crippen LogP contribution in [0, 0.1) is 18.8 Å². The van der Waals surface area contributed by atoms with E-state index in [2.05, 4.69) is 41.1 Å². The van der Waals surface area contributed by atoms with Crippen molar-refractivity contribution in [2.24, 2.45) is 11.8 Å². The van der Waals surface area contributed by atoms with Gasteiger partial charge < -0.3 is 10.6 Å². The normalized spacial score (nSPS) is 16.6. The highest BCUT2D eigenvalue weighted by atomic mass is 16.2. The van der Waals surface area contributed by atoms with Crippen molar-refractivity contribution in [2.75, 3.05) is 30.3 Å². The number of anilines is 2. The number of aromatic amines is 1. The highest BCUT2D eigenvalue weighted by Crippen LogP contribution is 2.32. The van der Waals surface area contributed by atoms with Gasteiger partial charge in [0.05, 0.1) is 6.54 Å². The third-order valence-electron chi connectivity index (χ3n) is 6.04. The molecular weight excluding hydrogens is 418 g/mol. The number of hydrogen-bond acceptors (Lipinski definition) is 5. The molecule has 1 aromatic heterocycles. The van der Waals surface area contributed by atoms with Gasteiger partial charge in [-0.3, -0.25) is 24.0 Å². The predicted octanol–water partition coefficient (Wildman–Crippen LogP) is 2.91. The van der Waals surface area contributed by atoms with Crippen molar-refractivity contribution >= 4 is 17.4 Å². The number of aryl methyl sites for hydroxylation is 1. The van der Waals surface area contributed by atoms with E-state index in [-0.39, 0.29) is 41.8 Å². The minimum absolute atomic E-state index is 0.0444. The van der Waals surface area contributed by atoms with Crippen LogP contribution in [0.5, 0.6) is 0 Å². The Morgan fingerprint density at radius 2 is 1.82 bits per heavy atom. The minimum atomic E-state index is -0.622. The largest absolute Gasteiger partial charge is 0.383 e. The summed E-state index contributed by atoms with van der Waals surface area (Å²) in [5.74, 6) is 0.125. The fourth-order valence-electron chi connectivity index (χ4n) is 4.51. The second-order valence-electron chi connectivity index (χ2n) is 9.93. The molecule has 33 heavy (non-hydrogen) atoms. The molecule has 0 saturated carbocycles. The number of carbonyl (C=O) groups is 1. The van der Waals surface area contributed by atoms with Crippen LogP contribution in [0.3, 0.4) is 0 Å². The maximum Gasteiger partial charge on any atom is 0.330 e. The summed E-state index contributed by atoms with van der Waals surface area (Å²) in [6, 6.07) is 8.60. The summed E-state index contributed by atoms with van der Waals surface area (Å²) in [5, 5.41) is 0. The zero-order valence-electron chi connectivity index (χ0n) is 20.4. The summed E-state index contributed by atoms with van der Waals surface area (Å²) in [6.07, 6.45) is 2.00. The van der Waals surface area contributed by atoms with E-state index >= 15 is 0 Å². The van der Waals surface area contributed by atoms with E-state index in [4.69, 9.17) is 5.73 Å². The van der Waals surface area contributed by atoms with Gasteiger partial charge in [-0.15, -0.1) is 0 Å². The van der Waals surface area contributed by atoms with E-state index in [0.717, 1.165) is 19.4 Å². The lowest BCUT2D eigenvalue weighted by atomic mass is 10.0. The average Bonchev–Trinajstić information content (AvgIpc) is 3.18. The monoisotopic (exact) mass is 455 g/mol. The summed E-state index contributed by atoms with van der Waals surface area (Å²) >= 11 is 0. The van der Waals surface area contributed by atoms with E-state index in [0.29, 0.717) is 13.1 Å². The quantitative estimate of drug-likeness (QED) is 0.637. The van der Waals surface area contributed by atoms with E-state index in [9.17, 15) is 14.4 Å². The maximum atomic E-state index is 13.6. The molecule has 1 unspecified atom stereocenters. The molecule has 8 heteroatoms. The molecule has 0 bridgehead atoms. The van der Waals surface area contributed by atoms with Crippen molar-refractivity contribution in [3.8, 4) is 0 Å². The summed E-state index contributed by atoms with van der Waals surface area (Å²) in [7, 11) is 0. The van der Waals surface area contributed by atoms with Crippen molar-refractivity contribution in [3.05, 3.63) is 56.2 Å². The molecule has 180 valence electrons.